The topological polar surface area (TPSA) is 49.3 Å². The van der Waals surface area contributed by atoms with Gasteiger partial charge in [-0.05, 0) is 53.7 Å². The second kappa shape index (κ2) is 7.54. The minimum Gasteiger partial charge on any atom is -0.396 e. The summed E-state index contributed by atoms with van der Waals surface area (Å²) in [6.07, 6.45) is 1.81. The number of benzene rings is 1. The van der Waals surface area contributed by atoms with Crippen LogP contribution in [0.5, 0.6) is 0 Å². The highest BCUT2D eigenvalue weighted by molar-refractivity contribution is 9.10. The molecule has 0 aliphatic heterocycles. The van der Waals surface area contributed by atoms with Crippen LogP contribution in [0.25, 0.3) is 0 Å². The highest BCUT2D eigenvalue weighted by Gasteiger charge is 2.09. The Hall–Kier alpha value is -0.870. The van der Waals surface area contributed by atoms with Crippen LogP contribution in [-0.2, 0) is 0 Å². The van der Waals surface area contributed by atoms with Gasteiger partial charge in [-0.15, -0.1) is 0 Å². The van der Waals surface area contributed by atoms with E-state index in [1.54, 1.807) is 0 Å². The molecule has 0 fully saturated rings. The van der Waals surface area contributed by atoms with Crippen LogP contribution in [0.2, 0.25) is 0 Å². The minimum absolute atomic E-state index is 0.0535. The van der Waals surface area contributed by atoms with Gasteiger partial charge in [0, 0.05) is 17.6 Å². The van der Waals surface area contributed by atoms with E-state index in [0.717, 1.165) is 22.9 Å². The number of hydrogen-bond donors (Lipinski definition) is 2. The molecular formula is C14H20BrNO2. The fraction of sp³-hybridized carbons (Fsp3) is 0.500. The molecule has 1 amide bonds. The first-order valence-electron chi connectivity index (χ1n) is 6.19. The van der Waals surface area contributed by atoms with Crippen LogP contribution in [0.15, 0.2) is 22.7 Å². The number of rotatable bonds is 6. The zero-order valence-corrected chi connectivity index (χ0v) is 12.5. The largest absolute Gasteiger partial charge is 0.396 e. The summed E-state index contributed by atoms with van der Waals surface area (Å²) in [5.74, 6) is 0.245. The lowest BCUT2D eigenvalue weighted by Gasteiger charge is -2.09. The molecule has 1 rings (SSSR count). The van der Waals surface area contributed by atoms with Crippen LogP contribution in [-0.4, -0.2) is 24.2 Å². The molecule has 0 aliphatic carbocycles. The molecule has 100 valence electrons. The van der Waals surface area contributed by atoms with Gasteiger partial charge in [-0.25, -0.2) is 0 Å². The molecular weight excluding hydrogens is 294 g/mol. The van der Waals surface area contributed by atoms with Crippen molar-refractivity contribution in [2.45, 2.75) is 26.7 Å². The monoisotopic (exact) mass is 313 g/mol. The van der Waals surface area contributed by atoms with E-state index in [9.17, 15) is 4.79 Å². The fourth-order valence-corrected chi connectivity index (χ4v) is 2.08. The lowest BCUT2D eigenvalue weighted by molar-refractivity contribution is 0.0951. The molecule has 0 bridgehead atoms. The van der Waals surface area contributed by atoms with Crippen molar-refractivity contribution in [3.63, 3.8) is 0 Å². The number of aliphatic hydroxyl groups excluding tert-OH is 1. The van der Waals surface area contributed by atoms with Crippen molar-refractivity contribution >= 4 is 21.8 Å². The van der Waals surface area contributed by atoms with Gasteiger partial charge in [-0.3, -0.25) is 4.79 Å². The van der Waals surface area contributed by atoms with Crippen LogP contribution in [0.4, 0.5) is 0 Å². The predicted molar refractivity (Wildman–Crippen MR) is 76.7 cm³/mol. The van der Waals surface area contributed by atoms with Crippen molar-refractivity contribution in [3.05, 3.63) is 33.8 Å². The summed E-state index contributed by atoms with van der Waals surface area (Å²) in [4.78, 5) is 11.9. The van der Waals surface area contributed by atoms with E-state index in [1.165, 1.54) is 0 Å². The Kier molecular flexibility index (Phi) is 6.36. The number of halogens is 1. The first-order valence-corrected chi connectivity index (χ1v) is 6.99. The Morgan fingerprint density at radius 2 is 2.22 bits per heavy atom. The standard InChI is InChI=1S/C14H20BrNO2/c1-10-5-6-13(15)12(8-10)14(18)16-7-3-4-11(2)9-17/h5-6,8,11,17H,3-4,7,9H2,1-2H3,(H,16,18). The van der Waals surface area contributed by atoms with Crippen LogP contribution in [0.3, 0.4) is 0 Å². The smallest absolute Gasteiger partial charge is 0.252 e. The van der Waals surface area contributed by atoms with Crippen molar-refractivity contribution in [2.24, 2.45) is 5.92 Å². The van der Waals surface area contributed by atoms with Crippen molar-refractivity contribution in [3.8, 4) is 0 Å². The molecule has 3 nitrogen and oxygen atoms in total. The van der Waals surface area contributed by atoms with Crippen molar-refractivity contribution in [2.75, 3.05) is 13.2 Å². The third kappa shape index (κ3) is 4.78. The molecule has 0 saturated heterocycles. The molecule has 18 heavy (non-hydrogen) atoms. The molecule has 0 spiro atoms. The normalized spacial score (nSPS) is 12.2. The minimum atomic E-state index is -0.0535. The van der Waals surface area contributed by atoms with Gasteiger partial charge in [0.05, 0.1) is 5.56 Å². The SMILES string of the molecule is Cc1ccc(Br)c(C(=O)NCCCC(C)CO)c1. The Labute approximate surface area is 117 Å². The van der Waals surface area contributed by atoms with Crippen molar-refractivity contribution < 1.29 is 9.90 Å². The Morgan fingerprint density at radius 1 is 1.50 bits per heavy atom. The molecule has 0 saturated carbocycles. The average molecular weight is 314 g/mol. The highest BCUT2D eigenvalue weighted by atomic mass is 79.9. The van der Waals surface area contributed by atoms with Gasteiger partial charge in [-0.1, -0.05) is 18.6 Å². The van der Waals surface area contributed by atoms with E-state index in [4.69, 9.17) is 5.11 Å². The Balaban J connectivity index is 2.43. The molecule has 0 heterocycles. The summed E-state index contributed by atoms with van der Waals surface area (Å²) >= 11 is 3.38. The van der Waals surface area contributed by atoms with Gasteiger partial charge in [0.2, 0.25) is 0 Å². The summed E-state index contributed by atoms with van der Waals surface area (Å²) in [7, 11) is 0. The zero-order chi connectivity index (χ0) is 13.5. The second-order valence-electron chi connectivity index (χ2n) is 4.67. The molecule has 1 aromatic rings. The highest BCUT2D eigenvalue weighted by Crippen LogP contribution is 2.17. The van der Waals surface area contributed by atoms with Crippen LogP contribution < -0.4 is 5.32 Å². The summed E-state index contributed by atoms with van der Waals surface area (Å²) < 4.78 is 0.814. The van der Waals surface area contributed by atoms with Gasteiger partial charge in [-0.2, -0.15) is 0 Å². The summed E-state index contributed by atoms with van der Waals surface area (Å²) in [5, 5.41) is 11.8. The van der Waals surface area contributed by atoms with Crippen LogP contribution in [0, 0.1) is 12.8 Å². The predicted octanol–water partition coefficient (Wildman–Crippen LogP) is 2.90. The number of hydrogen-bond acceptors (Lipinski definition) is 2. The van der Waals surface area contributed by atoms with Crippen molar-refractivity contribution in [1.29, 1.82) is 0 Å². The van der Waals surface area contributed by atoms with E-state index in [-0.39, 0.29) is 12.5 Å². The Bertz CT molecular complexity index is 407. The second-order valence-corrected chi connectivity index (χ2v) is 5.52. The maximum atomic E-state index is 11.9. The molecule has 0 aliphatic rings. The number of amides is 1. The van der Waals surface area contributed by atoms with E-state index in [1.807, 2.05) is 32.0 Å². The number of carbonyl (C=O) groups is 1. The van der Waals surface area contributed by atoms with E-state index in [0.29, 0.717) is 18.0 Å². The van der Waals surface area contributed by atoms with Gasteiger partial charge in [0.15, 0.2) is 0 Å². The third-order valence-corrected chi connectivity index (χ3v) is 3.53. The van der Waals surface area contributed by atoms with Crippen LogP contribution >= 0.6 is 15.9 Å². The molecule has 4 heteroatoms. The summed E-state index contributed by atoms with van der Waals surface area (Å²) in [5.41, 5.74) is 1.74. The van der Waals surface area contributed by atoms with Crippen molar-refractivity contribution in [1.82, 2.24) is 5.32 Å². The van der Waals surface area contributed by atoms with Gasteiger partial charge in [0.1, 0.15) is 0 Å². The maximum Gasteiger partial charge on any atom is 0.252 e. The molecule has 0 aromatic heterocycles. The molecule has 2 N–H and O–H groups in total. The molecule has 1 unspecified atom stereocenters. The lowest BCUT2D eigenvalue weighted by Crippen LogP contribution is -2.25. The van der Waals surface area contributed by atoms with Gasteiger partial charge in [0.25, 0.3) is 5.91 Å². The quantitative estimate of drug-likeness (QED) is 0.793. The first kappa shape index (κ1) is 15.2. The van der Waals surface area contributed by atoms with Gasteiger partial charge < -0.3 is 10.4 Å². The maximum absolute atomic E-state index is 11.9. The van der Waals surface area contributed by atoms with Gasteiger partial charge >= 0.3 is 0 Å². The molecule has 0 radical (unpaired) electrons. The summed E-state index contributed by atoms with van der Waals surface area (Å²) in [6, 6.07) is 5.72. The summed E-state index contributed by atoms with van der Waals surface area (Å²) in [6.45, 7) is 4.81. The van der Waals surface area contributed by atoms with E-state index in [2.05, 4.69) is 21.2 Å². The molecule has 1 aromatic carbocycles. The number of aryl methyl sites for hydroxylation is 1. The lowest BCUT2D eigenvalue weighted by atomic mass is 10.1. The van der Waals surface area contributed by atoms with E-state index < -0.39 is 0 Å². The number of carbonyl (C=O) groups excluding carboxylic acids is 1. The number of nitrogens with one attached hydrogen (secondary N) is 1. The van der Waals surface area contributed by atoms with E-state index >= 15 is 0 Å². The number of aliphatic hydroxyl groups is 1. The average Bonchev–Trinajstić information content (AvgIpc) is 2.36. The fourth-order valence-electron chi connectivity index (χ4n) is 1.65. The molecule has 1 atom stereocenters. The Morgan fingerprint density at radius 3 is 2.89 bits per heavy atom. The first-order chi connectivity index (χ1) is 8.54. The van der Waals surface area contributed by atoms with Crippen LogP contribution in [0.1, 0.15) is 35.7 Å². The zero-order valence-electron chi connectivity index (χ0n) is 10.9. The third-order valence-electron chi connectivity index (χ3n) is 2.84.